The second kappa shape index (κ2) is 10.0. The maximum absolute atomic E-state index is 13.0. The van der Waals surface area contributed by atoms with Crippen molar-refractivity contribution in [1.29, 1.82) is 0 Å². The molecule has 5 rings (SSSR count). The molecule has 0 radical (unpaired) electrons. The van der Waals surface area contributed by atoms with Crippen LogP contribution < -0.4 is 14.5 Å². The molecule has 8 nitrogen and oxygen atoms in total. The largest absolute Gasteiger partial charge is 0.368 e. The van der Waals surface area contributed by atoms with Gasteiger partial charge in [0.1, 0.15) is 0 Å². The van der Waals surface area contributed by atoms with Crippen LogP contribution in [0.5, 0.6) is 0 Å². The number of nitrogens with zero attached hydrogens (tertiary/aromatic N) is 4. The zero-order chi connectivity index (χ0) is 24.4. The summed E-state index contributed by atoms with van der Waals surface area (Å²) in [5.74, 6) is 0.127. The van der Waals surface area contributed by atoms with Crippen LogP contribution in [0, 0.1) is 0 Å². The summed E-state index contributed by atoms with van der Waals surface area (Å²) in [4.78, 5) is 23.4. The van der Waals surface area contributed by atoms with Gasteiger partial charge in [-0.05, 0) is 60.9 Å². The number of amides is 1. The number of rotatable bonds is 6. The Bertz CT molecular complexity index is 1290. The van der Waals surface area contributed by atoms with E-state index in [1.54, 1.807) is 23.7 Å². The molecule has 11 heteroatoms. The van der Waals surface area contributed by atoms with Gasteiger partial charge in [0, 0.05) is 60.7 Å². The molecule has 0 saturated carbocycles. The Kier molecular flexibility index (Phi) is 6.86. The monoisotopic (exact) mass is 531 g/mol. The fourth-order valence-electron chi connectivity index (χ4n) is 4.57. The summed E-state index contributed by atoms with van der Waals surface area (Å²) >= 11 is 7.37. The van der Waals surface area contributed by atoms with Crippen LogP contribution in [0.2, 0.25) is 5.02 Å². The van der Waals surface area contributed by atoms with Gasteiger partial charge in [0.2, 0.25) is 5.91 Å². The number of sulfonamides is 1. The number of nitrogens with one attached hydrogen (secondary N) is 1. The van der Waals surface area contributed by atoms with E-state index in [0.29, 0.717) is 37.9 Å². The standard InChI is InChI=1S/C24H26ClN5O3S2/c25-19-3-8-22-18(16-19)2-1-10-30(22)17-23(31)29-13-11-28(12-14-29)20-4-6-21(7-5-20)35(32,33)27-24-26-9-15-34-24/h3-9,15-16H,1-2,10-14,17H2,(H,26,27). The molecule has 0 atom stereocenters. The third kappa shape index (κ3) is 5.39. The average Bonchev–Trinajstić information content (AvgIpc) is 3.36. The minimum atomic E-state index is -3.67. The maximum atomic E-state index is 13.0. The quantitative estimate of drug-likeness (QED) is 0.522. The third-order valence-corrected chi connectivity index (χ3v) is 8.79. The van der Waals surface area contributed by atoms with Crippen LogP contribution in [-0.2, 0) is 21.2 Å². The molecular weight excluding hydrogens is 506 g/mol. The van der Waals surface area contributed by atoms with Crippen molar-refractivity contribution >= 4 is 55.4 Å². The summed E-state index contributed by atoms with van der Waals surface area (Å²) in [6.07, 6.45) is 3.55. The summed E-state index contributed by atoms with van der Waals surface area (Å²) in [6, 6.07) is 12.7. The smallest absolute Gasteiger partial charge is 0.263 e. The predicted octanol–water partition coefficient (Wildman–Crippen LogP) is 3.70. The lowest BCUT2D eigenvalue weighted by molar-refractivity contribution is -0.130. The highest BCUT2D eigenvalue weighted by atomic mass is 35.5. The predicted molar refractivity (Wildman–Crippen MR) is 140 cm³/mol. The number of aromatic nitrogens is 1. The van der Waals surface area contributed by atoms with Gasteiger partial charge >= 0.3 is 0 Å². The van der Waals surface area contributed by atoms with Gasteiger partial charge in [-0.25, -0.2) is 13.4 Å². The van der Waals surface area contributed by atoms with Gasteiger partial charge in [0.05, 0.1) is 11.4 Å². The van der Waals surface area contributed by atoms with Gasteiger partial charge in [-0.3, -0.25) is 9.52 Å². The molecular formula is C24H26ClN5O3S2. The fraction of sp³-hybridized carbons (Fsp3) is 0.333. The van der Waals surface area contributed by atoms with Crippen LogP contribution in [-0.4, -0.2) is 63.5 Å². The van der Waals surface area contributed by atoms with E-state index in [9.17, 15) is 13.2 Å². The summed E-state index contributed by atoms with van der Waals surface area (Å²) < 4.78 is 27.6. The molecule has 0 bridgehead atoms. The van der Waals surface area contributed by atoms with Gasteiger partial charge in [-0.15, -0.1) is 11.3 Å². The summed E-state index contributed by atoms with van der Waals surface area (Å²) in [5, 5.41) is 2.79. The fourth-order valence-corrected chi connectivity index (χ4v) is 6.55. The van der Waals surface area contributed by atoms with E-state index in [0.717, 1.165) is 35.8 Å². The van der Waals surface area contributed by atoms with Crippen molar-refractivity contribution in [3.63, 3.8) is 0 Å². The molecule has 1 amide bonds. The molecule has 35 heavy (non-hydrogen) atoms. The highest BCUT2D eigenvalue weighted by molar-refractivity contribution is 7.93. The molecule has 0 unspecified atom stereocenters. The van der Waals surface area contributed by atoms with Crippen molar-refractivity contribution in [2.45, 2.75) is 17.7 Å². The summed E-state index contributed by atoms with van der Waals surface area (Å²) in [6.45, 7) is 3.89. The van der Waals surface area contributed by atoms with Crippen molar-refractivity contribution in [3.8, 4) is 0 Å². The number of thiazole rings is 1. The second-order valence-electron chi connectivity index (χ2n) is 8.60. The first kappa shape index (κ1) is 23.9. The number of hydrogen-bond donors (Lipinski definition) is 1. The van der Waals surface area contributed by atoms with Crippen LogP contribution in [0.15, 0.2) is 58.9 Å². The van der Waals surface area contributed by atoms with E-state index in [1.807, 2.05) is 35.2 Å². The number of anilines is 3. The van der Waals surface area contributed by atoms with E-state index < -0.39 is 10.0 Å². The topological polar surface area (TPSA) is 85.9 Å². The Morgan fingerprint density at radius 2 is 1.83 bits per heavy atom. The lowest BCUT2D eigenvalue weighted by atomic mass is 10.0. The first-order valence-electron chi connectivity index (χ1n) is 11.5. The van der Waals surface area contributed by atoms with Crippen LogP contribution in [0.3, 0.4) is 0 Å². The zero-order valence-corrected chi connectivity index (χ0v) is 21.4. The molecule has 2 aliphatic rings. The van der Waals surface area contributed by atoms with Crippen LogP contribution in [0.25, 0.3) is 0 Å². The van der Waals surface area contributed by atoms with Crippen LogP contribution in [0.1, 0.15) is 12.0 Å². The molecule has 0 spiro atoms. The maximum Gasteiger partial charge on any atom is 0.263 e. The van der Waals surface area contributed by atoms with Gasteiger partial charge < -0.3 is 14.7 Å². The Labute approximate surface area is 214 Å². The first-order chi connectivity index (χ1) is 16.9. The number of benzene rings is 2. The van der Waals surface area contributed by atoms with Crippen molar-refractivity contribution < 1.29 is 13.2 Å². The molecule has 1 fully saturated rings. The Morgan fingerprint density at radius 1 is 1.06 bits per heavy atom. The molecule has 2 aromatic carbocycles. The van der Waals surface area contributed by atoms with E-state index in [-0.39, 0.29) is 10.8 Å². The molecule has 0 aliphatic carbocycles. The van der Waals surface area contributed by atoms with Crippen LogP contribution >= 0.6 is 22.9 Å². The molecule has 1 saturated heterocycles. The molecule has 2 aliphatic heterocycles. The number of aryl methyl sites for hydroxylation is 1. The molecule has 1 N–H and O–H groups in total. The molecule has 3 heterocycles. The van der Waals surface area contributed by atoms with Gasteiger partial charge in [0.15, 0.2) is 5.13 Å². The second-order valence-corrected chi connectivity index (χ2v) is 11.6. The minimum Gasteiger partial charge on any atom is -0.368 e. The summed E-state index contributed by atoms with van der Waals surface area (Å²) in [5.41, 5.74) is 3.24. The van der Waals surface area contributed by atoms with Crippen molar-refractivity contribution in [2.24, 2.45) is 0 Å². The molecule has 184 valence electrons. The lowest BCUT2D eigenvalue weighted by Gasteiger charge is -2.38. The number of halogens is 1. The van der Waals surface area contributed by atoms with Crippen molar-refractivity contribution in [3.05, 3.63) is 64.6 Å². The van der Waals surface area contributed by atoms with E-state index >= 15 is 0 Å². The minimum absolute atomic E-state index is 0.127. The summed E-state index contributed by atoms with van der Waals surface area (Å²) in [7, 11) is -3.67. The number of carbonyl (C=O) groups excluding carboxylic acids is 1. The first-order valence-corrected chi connectivity index (χ1v) is 14.2. The molecule has 3 aromatic rings. The Morgan fingerprint density at radius 3 is 2.54 bits per heavy atom. The van der Waals surface area contributed by atoms with Gasteiger partial charge in [0.25, 0.3) is 10.0 Å². The lowest BCUT2D eigenvalue weighted by Crippen LogP contribution is -2.51. The number of fused-ring (bicyclic) bond motifs is 1. The highest BCUT2D eigenvalue weighted by Crippen LogP contribution is 2.29. The zero-order valence-electron chi connectivity index (χ0n) is 19.1. The van der Waals surface area contributed by atoms with E-state index in [4.69, 9.17) is 11.6 Å². The normalized spacial score (nSPS) is 16.2. The van der Waals surface area contributed by atoms with Gasteiger partial charge in [-0.1, -0.05) is 11.6 Å². The van der Waals surface area contributed by atoms with Crippen molar-refractivity contribution in [1.82, 2.24) is 9.88 Å². The average molecular weight is 532 g/mol. The molecule has 1 aromatic heterocycles. The number of carbonyl (C=O) groups is 1. The van der Waals surface area contributed by atoms with Crippen molar-refractivity contribution in [2.75, 3.05) is 53.8 Å². The highest BCUT2D eigenvalue weighted by Gasteiger charge is 2.25. The van der Waals surface area contributed by atoms with E-state index in [1.165, 1.54) is 16.9 Å². The van der Waals surface area contributed by atoms with E-state index in [2.05, 4.69) is 19.5 Å². The Hall–Kier alpha value is -2.82. The van der Waals surface area contributed by atoms with Crippen LogP contribution in [0.4, 0.5) is 16.5 Å². The number of piperazine rings is 1. The Balaban J connectivity index is 1.17. The number of hydrogen-bond acceptors (Lipinski definition) is 7. The third-order valence-electron chi connectivity index (χ3n) is 6.38. The van der Waals surface area contributed by atoms with Gasteiger partial charge in [-0.2, -0.15) is 0 Å². The SMILES string of the molecule is O=C(CN1CCCc2cc(Cl)ccc21)N1CCN(c2ccc(S(=O)(=O)Nc3nccs3)cc2)CC1.